The Kier molecular flexibility index (Phi) is 5.59. The van der Waals surface area contributed by atoms with E-state index in [2.05, 4.69) is 18.8 Å². The monoisotopic (exact) mass is 290 g/mol. The normalized spacial score (nSPS) is 15.1. The van der Waals surface area contributed by atoms with E-state index in [1.165, 1.54) is 0 Å². The van der Waals surface area contributed by atoms with Crippen molar-refractivity contribution in [2.75, 3.05) is 13.1 Å². The molecule has 0 aliphatic carbocycles. The SMILES string of the molecule is CCCC(CCC)C(=O)N1CC(Oc2cccc(C)n2)C1. The lowest BCUT2D eigenvalue weighted by Crippen LogP contribution is -2.57. The van der Waals surface area contributed by atoms with Crippen LogP contribution in [0.3, 0.4) is 0 Å². The number of ether oxygens (including phenoxy) is 1. The fraction of sp³-hybridized carbons (Fsp3) is 0.647. The van der Waals surface area contributed by atoms with Crippen molar-refractivity contribution in [1.82, 2.24) is 9.88 Å². The Bertz CT molecular complexity index is 464. The van der Waals surface area contributed by atoms with E-state index in [9.17, 15) is 4.79 Å². The van der Waals surface area contributed by atoms with Gasteiger partial charge in [-0.3, -0.25) is 4.79 Å². The molecular formula is C17H26N2O2. The fourth-order valence-electron chi connectivity index (χ4n) is 2.79. The number of nitrogens with zero attached hydrogens (tertiary/aromatic N) is 2. The lowest BCUT2D eigenvalue weighted by Gasteiger charge is -2.40. The average Bonchev–Trinajstić information content (AvgIpc) is 2.41. The number of amides is 1. The van der Waals surface area contributed by atoms with E-state index in [0.717, 1.165) is 31.4 Å². The molecule has 2 rings (SSSR count). The van der Waals surface area contributed by atoms with E-state index in [1.807, 2.05) is 30.0 Å². The summed E-state index contributed by atoms with van der Waals surface area (Å²) in [5.74, 6) is 1.15. The minimum absolute atomic E-state index is 0.0900. The zero-order valence-corrected chi connectivity index (χ0v) is 13.3. The summed E-state index contributed by atoms with van der Waals surface area (Å²) >= 11 is 0. The zero-order valence-electron chi connectivity index (χ0n) is 13.3. The third-order valence-electron chi connectivity index (χ3n) is 3.93. The number of aryl methyl sites for hydroxylation is 1. The van der Waals surface area contributed by atoms with Crippen LogP contribution in [0.15, 0.2) is 18.2 Å². The van der Waals surface area contributed by atoms with E-state index < -0.39 is 0 Å². The standard InChI is InChI=1S/C17H26N2O2/c1-4-7-14(8-5-2)17(20)19-11-15(12-19)21-16-10-6-9-13(3)18-16/h6,9-10,14-15H,4-5,7-8,11-12H2,1-3H3. The van der Waals surface area contributed by atoms with Gasteiger partial charge in [0.05, 0.1) is 13.1 Å². The number of carbonyl (C=O) groups is 1. The lowest BCUT2D eigenvalue weighted by atomic mass is 9.95. The molecular weight excluding hydrogens is 264 g/mol. The maximum Gasteiger partial charge on any atom is 0.225 e. The predicted octanol–water partition coefficient (Wildman–Crippen LogP) is 3.20. The summed E-state index contributed by atoms with van der Waals surface area (Å²) in [6.07, 6.45) is 4.21. The van der Waals surface area contributed by atoms with Gasteiger partial charge in [-0.25, -0.2) is 4.98 Å². The van der Waals surface area contributed by atoms with Crippen LogP contribution in [-0.2, 0) is 4.79 Å². The summed E-state index contributed by atoms with van der Waals surface area (Å²) in [4.78, 5) is 18.7. The van der Waals surface area contributed by atoms with Gasteiger partial charge >= 0.3 is 0 Å². The first-order valence-corrected chi connectivity index (χ1v) is 8.03. The zero-order chi connectivity index (χ0) is 15.2. The van der Waals surface area contributed by atoms with Crippen LogP contribution in [0.1, 0.15) is 45.2 Å². The number of carbonyl (C=O) groups excluding carboxylic acids is 1. The van der Waals surface area contributed by atoms with Crippen LogP contribution in [-0.4, -0.2) is 35.0 Å². The molecule has 1 aromatic heterocycles. The van der Waals surface area contributed by atoms with E-state index in [-0.39, 0.29) is 12.0 Å². The number of pyridine rings is 1. The van der Waals surface area contributed by atoms with Crippen LogP contribution in [0, 0.1) is 12.8 Å². The first-order valence-electron chi connectivity index (χ1n) is 8.03. The Morgan fingerprint density at radius 3 is 2.57 bits per heavy atom. The van der Waals surface area contributed by atoms with Gasteiger partial charge in [0.2, 0.25) is 11.8 Å². The van der Waals surface area contributed by atoms with Gasteiger partial charge in [0.1, 0.15) is 6.10 Å². The Hall–Kier alpha value is -1.58. The van der Waals surface area contributed by atoms with E-state index in [0.29, 0.717) is 24.9 Å². The first-order chi connectivity index (χ1) is 10.1. The molecule has 0 N–H and O–H groups in total. The van der Waals surface area contributed by atoms with Gasteiger partial charge in [-0.05, 0) is 25.8 Å². The van der Waals surface area contributed by atoms with Crippen molar-refractivity contribution in [2.45, 2.75) is 52.6 Å². The van der Waals surface area contributed by atoms with Crippen LogP contribution in [0.5, 0.6) is 5.88 Å². The van der Waals surface area contributed by atoms with E-state index >= 15 is 0 Å². The maximum absolute atomic E-state index is 12.4. The Balaban J connectivity index is 1.81. The topological polar surface area (TPSA) is 42.4 Å². The molecule has 0 saturated carbocycles. The van der Waals surface area contributed by atoms with Gasteiger partial charge in [0, 0.05) is 17.7 Å². The second-order valence-electron chi connectivity index (χ2n) is 5.87. The fourth-order valence-corrected chi connectivity index (χ4v) is 2.79. The number of likely N-dealkylation sites (tertiary alicyclic amines) is 1. The Labute approximate surface area is 127 Å². The molecule has 1 aromatic rings. The highest BCUT2D eigenvalue weighted by molar-refractivity contribution is 5.79. The molecule has 4 nitrogen and oxygen atoms in total. The van der Waals surface area contributed by atoms with Gasteiger partial charge in [0.15, 0.2) is 0 Å². The maximum atomic E-state index is 12.4. The van der Waals surface area contributed by atoms with E-state index in [1.54, 1.807) is 0 Å². The van der Waals surface area contributed by atoms with Gasteiger partial charge < -0.3 is 9.64 Å². The van der Waals surface area contributed by atoms with Crippen molar-refractivity contribution >= 4 is 5.91 Å². The molecule has 1 aliphatic heterocycles. The largest absolute Gasteiger partial charge is 0.471 e. The van der Waals surface area contributed by atoms with Crippen molar-refractivity contribution in [3.05, 3.63) is 23.9 Å². The molecule has 0 bridgehead atoms. The highest BCUT2D eigenvalue weighted by atomic mass is 16.5. The summed E-state index contributed by atoms with van der Waals surface area (Å²) in [6, 6.07) is 5.76. The summed E-state index contributed by atoms with van der Waals surface area (Å²) in [5, 5.41) is 0. The van der Waals surface area contributed by atoms with Crippen LogP contribution >= 0.6 is 0 Å². The molecule has 2 heterocycles. The summed E-state index contributed by atoms with van der Waals surface area (Å²) in [7, 11) is 0. The second-order valence-corrected chi connectivity index (χ2v) is 5.87. The van der Waals surface area contributed by atoms with E-state index in [4.69, 9.17) is 4.74 Å². The van der Waals surface area contributed by atoms with Crippen molar-refractivity contribution in [2.24, 2.45) is 5.92 Å². The lowest BCUT2D eigenvalue weighted by molar-refractivity contribution is -0.145. The molecule has 1 amide bonds. The van der Waals surface area contributed by atoms with Crippen molar-refractivity contribution in [1.29, 1.82) is 0 Å². The summed E-state index contributed by atoms with van der Waals surface area (Å²) in [5.41, 5.74) is 0.950. The molecule has 0 atom stereocenters. The highest BCUT2D eigenvalue weighted by Gasteiger charge is 2.35. The van der Waals surface area contributed by atoms with Gasteiger partial charge in [-0.1, -0.05) is 32.8 Å². The predicted molar refractivity (Wildman–Crippen MR) is 83.3 cm³/mol. The summed E-state index contributed by atoms with van der Waals surface area (Å²) in [6.45, 7) is 7.61. The second kappa shape index (κ2) is 7.43. The highest BCUT2D eigenvalue weighted by Crippen LogP contribution is 2.22. The number of aromatic nitrogens is 1. The Morgan fingerprint density at radius 1 is 1.33 bits per heavy atom. The molecule has 0 unspecified atom stereocenters. The molecule has 116 valence electrons. The first kappa shape index (κ1) is 15.8. The average molecular weight is 290 g/mol. The molecule has 0 radical (unpaired) electrons. The number of hydrogen-bond donors (Lipinski definition) is 0. The summed E-state index contributed by atoms with van der Waals surface area (Å²) < 4.78 is 5.81. The molecule has 0 aromatic carbocycles. The van der Waals surface area contributed by atoms with Gasteiger partial charge in [-0.2, -0.15) is 0 Å². The minimum Gasteiger partial charge on any atom is -0.471 e. The third-order valence-corrected chi connectivity index (χ3v) is 3.93. The van der Waals surface area contributed by atoms with Crippen LogP contribution < -0.4 is 4.74 Å². The number of hydrogen-bond acceptors (Lipinski definition) is 3. The molecule has 1 fully saturated rings. The minimum atomic E-state index is 0.0900. The van der Waals surface area contributed by atoms with Crippen molar-refractivity contribution < 1.29 is 9.53 Å². The number of rotatable bonds is 7. The van der Waals surface area contributed by atoms with Crippen molar-refractivity contribution in [3.8, 4) is 5.88 Å². The van der Waals surface area contributed by atoms with Crippen LogP contribution in [0.2, 0.25) is 0 Å². The molecule has 4 heteroatoms. The van der Waals surface area contributed by atoms with Crippen LogP contribution in [0.25, 0.3) is 0 Å². The third kappa shape index (κ3) is 4.19. The molecule has 21 heavy (non-hydrogen) atoms. The van der Waals surface area contributed by atoms with Gasteiger partial charge in [0.25, 0.3) is 0 Å². The van der Waals surface area contributed by atoms with Crippen LogP contribution in [0.4, 0.5) is 0 Å². The molecule has 1 aliphatic rings. The van der Waals surface area contributed by atoms with Gasteiger partial charge in [-0.15, -0.1) is 0 Å². The quantitative estimate of drug-likeness (QED) is 0.774. The molecule has 1 saturated heterocycles. The Morgan fingerprint density at radius 2 is 2.00 bits per heavy atom. The van der Waals surface area contributed by atoms with Crippen molar-refractivity contribution in [3.63, 3.8) is 0 Å². The smallest absolute Gasteiger partial charge is 0.225 e. The molecule has 0 spiro atoms.